The molecule has 130 valence electrons. The van der Waals surface area contributed by atoms with Gasteiger partial charge in [-0.05, 0) is 35.9 Å². The highest BCUT2D eigenvalue weighted by Gasteiger charge is 2.31. The van der Waals surface area contributed by atoms with Gasteiger partial charge in [0.25, 0.3) is 0 Å². The van der Waals surface area contributed by atoms with Gasteiger partial charge in [-0.1, -0.05) is 18.2 Å². The second-order valence-corrected chi connectivity index (χ2v) is 6.06. The lowest BCUT2D eigenvalue weighted by Gasteiger charge is -2.23. The lowest BCUT2D eigenvalue weighted by Crippen LogP contribution is -2.25. The van der Waals surface area contributed by atoms with Gasteiger partial charge in [-0.3, -0.25) is 9.36 Å². The lowest BCUT2D eigenvalue weighted by atomic mass is 9.89. The molecule has 1 aromatic heterocycles. The maximum absolute atomic E-state index is 13.5. The molecular formula is C19H14FN3O3. The number of carboxylic acid groups (broad SMARTS) is 1. The van der Waals surface area contributed by atoms with E-state index in [0.29, 0.717) is 17.2 Å². The number of carboxylic acids is 1. The van der Waals surface area contributed by atoms with Crippen LogP contribution in [0.1, 0.15) is 34.0 Å². The summed E-state index contributed by atoms with van der Waals surface area (Å²) in [5.74, 6) is -1.36. The van der Waals surface area contributed by atoms with E-state index in [1.54, 1.807) is 35.2 Å². The molecule has 0 fully saturated rings. The molecule has 0 aliphatic carbocycles. The standard InChI is InChI=1S/C19H14FN3O3/c20-13-2-1-3-14(8-13)23-10-21-17-15(9-16(24)22-18(17)23)11-4-6-12(7-5-11)19(25)26/h1-8,10,15H,9H2,(H,22,24)(H,25,26)/t15-/m1/s1. The average molecular weight is 351 g/mol. The van der Waals surface area contributed by atoms with Gasteiger partial charge in [0.15, 0.2) is 0 Å². The predicted octanol–water partition coefficient (Wildman–Crippen LogP) is 3.18. The molecule has 1 aliphatic rings. The van der Waals surface area contributed by atoms with Crippen molar-refractivity contribution in [2.24, 2.45) is 0 Å². The fourth-order valence-electron chi connectivity index (χ4n) is 3.16. The van der Waals surface area contributed by atoms with Gasteiger partial charge in [-0.25, -0.2) is 14.2 Å². The molecular weight excluding hydrogens is 337 g/mol. The number of fused-ring (bicyclic) bond motifs is 1. The third-order valence-electron chi connectivity index (χ3n) is 4.42. The lowest BCUT2D eigenvalue weighted by molar-refractivity contribution is -0.116. The third kappa shape index (κ3) is 2.73. The molecule has 1 amide bonds. The highest BCUT2D eigenvalue weighted by Crippen LogP contribution is 2.37. The normalized spacial score (nSPS) is 16.0. The predicted molar refractivity (Wildman–Crippen MR) is 92.0 cm³/mol. The molecule has 0 radical (unpaired) electrons. The van der Waals surface area contributed by atoms with Crippen LogP contribution in [0.5, 0.6) is 0 Å². The molecule has 6 nitrogen and oxygen atoms in total. The van der Waals surface area contributed by atoms with Crippen LogP contribution in [0, 0.1) is 5.82 Å². The van der Waals surface area contributed by atoms with Crippen LogP contribution < -0.4 is 5.32 Å². The fourth-order valence-corrected chi connectivity index (χ4v) is 3.16. The Hall–Kier alpha value is -3.48. The molecule has 0 saturated carbocycles. The number of carbonyl (C=O) groups excluding carboxylic acids is 1. The summed E-state index contributed by atoms with van der Waals surface area (Å²) in [6.45, 7) is 0. The molecule has 0 saturated heterocycles. The van der Waals surface area contributed by atoms with Gasteiger partial charge in [-0.2, -0.15) is 0 Å². The number of nitrogens with one attached hydrogen (secondary N) is 1. The SMILES string of the molecule is O=C1C[C@H](c2ccc(C(=O)O)cc2)c2ncn(-c3cccc(F)c3)c2N1. The maximum Gasteiger partial charge on any atom is 0.335 e. The van der Waals surface area contributed by atoms with Crippen LogP contribution in [0.4, 0.5) is 10.2 Å². The number of rotatable bonds is 3. The number of aromatic nitrogens is 2. The zero-order chi connectivity index (χ0) is 18.3. The minimum Gasteiger partial charge on any atom is -0.478 e. The molecule has 26 heavy (non-hydrogen) atoms. The quantitative estimate of drug-likeness (QED) is 0.759. The molecule has 1 atom stereocenters. The summed E-state index contributed by atoms with van der Waals surface area (Å²) < 4.78 is 15.2. The third-order valence-corrected chi connectivity index (χ3v) is 4.42. The number of carbonyl (C=O) groups is 2. The Labute approximate surface area is 147 Å². The van der Waals surface area contributed by atoms with Gasteiger partial charge < -0.3 is 10.4 Å². The van der Waals surface area contributed by atoms with E-state index in [4.69, 9.17) is 5.11 Å². The van der Waals surface area contributed by atoms with Gasteiger partial charge in [0.1, 0.15) is 18.0 Å². The number of hydrogen-bond acceptors (Lipinski definition) is 3. The van der Waals surface area contributed by atoms with Crippen molar-refractivity contribution in [2.45, 2.75) is 12.3 Å². The van der Waals surface area contributed by atoms with Crippen LogP contribution in [0.15, 0.2) is 54.9 Å². The average Bonchev–Trinajstić information content (AvgIpc) is 3.05. The Morgan fingerprint density at radius 1 is 1.23 bits per heavy atom. The maximum atomic E-state index is 13.5. The van der Waals surface area contributed by atoms with E-state index < -0.39 is 5.97 Å². The summed E-state index contributed by atoms with van der Waals surface area (Å²) in [6, 6.07) is 12.4. The van der Waals surface area contributed by atoms with Crippen molar-refractivity contribution in [1.82, 2.24) is 9.55 Å². The number of hydrogen-bond donors (Lipinski definition) is 2. The smallest absolute Gasteiger partial charge is 0.335 e. The summed E-state index contributed by atoms with van der Waals surface area (Å²) in [5, 5.41) is 11.8. The molecule has 3 aromatic rings. The van der Waals surface area contributed by atoms with Crippen LogP contribution in [0.2, 0.25) is 0 Å². The van der Waals surface area contributed by atoms with E-state index >= 15 is 0 Å². The first-order valence-electron chi connectivity index (χ1n) is 7.99. The van der Waals surface area contributed by atoms with E-state index in [1.807, 2.05) is 0 Å². The van der Waals surface area contributed by atoms with Gasteiger partial charge in [0.05, 0.1) is 16.9 Å². The first kappa shape index (κ1) is 16.0. The van der Waals surface area contributed by atoms with Crippen LogP contribution in [-0.4, -0.2) is 26.5 Å². The highest BCUT2D eigenvalue weighted by atomic mass is 19.1. The molecule has 7 heteroatoms. The van der Waals surface area contributed by atoms with Gasteiger partial charge in [-0.15, -0.1) is 0 Å². The molecule has 0 unspecified atom stereocenters. The molecule has 4 rings (SSSR count). The Balaban J connectivity index is 1.77. The topological polar surface area (TPSA) is 84.2 Å². The fraction of sp³-hybridized carbons (Fsp3) is 0.105. The number of amides is 1. The summed E-state index contributed by atoms with van der Waals surface area (Å²) in [7, 11) is 0. The summed E-state index contributed by atoms with van der Waals surface area (Å²) in [5.41, 5.74) is 2.20. The van der Waals surface area contributed by atoms with Crippen molar-refractivity contribution in [3.8, 4) is 5.69 Å². The minimum atomic E-state index is -1.01. The largest absolute Gasteiger partial charge is 0.478 e. The van der Waals surface area contributed by atoms with Crippen LogP contribution in [0.3, 0.4) is 0 Å². The van der Waals surface area contributed by atoms with Crippen molar-refractivity contribution < 1.29 is 19.1 Å². The molecule has 1 aliphatic heterocycles. The Bertz CT molecular complexity index is 1010. The van der Waals surface area contributed by atoms with Crippen LogP contribution in [-0.2, 0) is 4.79 Å². The van der Waals surface area contributed by atoms with Gasteiger partial charge >= 0.3 is 5.97 Å². The number of nitrogens with zero attached hydrogens (tertiary/aromatic N) is 2. The van der Waals surface area contributed by atoms with Crippen LogP contribution in [0.25, 0.3) is 5.69 Å². The first-order valence-corrected chi connectivity index (χ1v) is 7.99. The number of benzene rings is 2. The Kier molecular flexibility index (Phi) is 3.76. The Morgan fingerprint density at radius 3 is 2.69 bits per heavy atom. The van der Waals surface area contributed by atoms with Crippen molar-refractivity contribution in [3.63, 3.8) is 0 Å². The van der Waals surface area contributed by atoms with Gasteiger partial charge in [0, 0.05) is 12.3 Å². The zero-order valence-electron chi connectivity index (χ0n) is 13.5. The number of imidazole rings is 1. The van der Waals surface area contributed by atoms with E-state index in [9.17, 15) is 14.0 Å². The van der Waals surface area contributed by atoms with Crippen molar-refractivity contribution >= 4 is 17.7 Å². The first-order chi connectivity index (χ1) is 12.5. The highest BCUT2D eigenvalue weighted by molar-refractivity contribution is 5.94. The monoisotopic (exact) mass is 351 g/mol. The summed E-state index contributed by atoms with van der Waals surface area (Å²) in [6.07, 6.45) is 1.75. The summed E-state index contributed by atoms with van der Waals surface area (Å²) in [4.78, 5) is 27.7. The number of halogens is 1. The molecule has 0 spiro atoms. The molecule has 0 bridgehead atoms. The van der Waals surface area contributed by atoms with Crippen LogP contribution >= 0.6 is 0 Å². The summed E-state index contributed by atoms with van der Waals surface area (Å²) >= 11 is 0. The number of anilines is 1. The Morgan fingerprint density at radius 2 is 2.00 bits per heavy atom. The molecule has 2 N–H and O–H groups in total. The van der Waals surface area contributed by atoms with Crippen molar-refractivity contribution in [3.05, 3.63) is 77.5 Å². The van der Waals surface area contributed by atoms with E-state index in [0.717, 1.165) is 5.56 Å². The molecule has 2 heterocycles. The number of aromatic carboxylic acids is 1. The second kappa shape index (κ2) is 6.11. The van der Waals surface area contributed by atoms with Crippen molar-refractivity contribution in [2.75, 3.05) is 5.32 Å². The molecule has 2 aromatic carbocycles. The van der Waals surface area contributed by atoms with Gasteiger partial charge in [0.2, 0.25) is 5.91 Å². The van der Waals surface area contributed by atoms with E-state index in [-0.39, 0.29) is 29.6 Å². The zero-order valence-corrected chi connectivity index (χ0v) is 13.5. The van der Waals surface area contributed by atoms with Crippen molar-refractivity contribution in [1.29, 1.82) is 0 Å². The minimum absolute atomic E-state index is 0.178. The van der Waals surface area contributed by atoms with E-state index in [2.05, 4.69) is 10.3 Å². The van der Waals surface area contributed by atoms with E-state index in [1.165, 1.54) is 24.3 Å². The second-order valence-electron chi connectivity index (χ2n) is 6.06.